The summed E-state index contributed by atoms with van der Waals surface area (Å²) in [6.45, 7) is 6.04. The Morgan fingerprint density at radius 3 is 2.96 bits per heavy atom. The molecule has 0 bridgehead atoms. The molecule has 1 aliphatic rings. The molecule has 0 aliphatic carbocycles. The number of hydrogen-bond donors (Lipinski definition) is 0. The number of aromatic nitrogens is 3. The minimum absolute atomic E-state index is 0.188. The van der Waals surface area contributed by atoms with Crippen LogP contribution in [0.4, 0.5) is 0 Å². The van der Waals surface area contributed by atoms with Crippen molar-refractivity contribution in [2.45, 2.75) is 39.7 Å². The van der Waals surface area contributed by atoms with Gasteiger partial charge in [-0.3, -0.25) is 9.78 Å². The molecule has 122 valence electrons. The summed E-state index contributed by atoms with van der Waals surface area (Å²) >= 11 is 0. The molecule has 0 N–H and O–H groups in total. The molecule has 0 radical (unpaired) electrons. The van der Waals surface area contributed by atoms with E-state index in [4.69, 9.17) is 0 Å². The maximum absolute atomic E-state index is 12.5. The van der Waals surface area contributed by atoms with E-state index in [0.29, 0.717) is 12.5 Å². The molecule has 5 nitrogen and oxygen atoms in total. The van der Waals surface area contributed by atoms with Gasteiger partial charge in [0.1, 0.15) is 12.4 Å². The Morgan fingerprint density at radius 1 is 1.35 bits per heavy atom. The van der Waals surface area contributed by atoms with Crippen LogP contribution in [-0.4, -0.2) is 38.4 Å². The van der Waals surface area contributed by atoms with Crippen molar-refractivity contribution in [3.8, 4) is 0 Å². The fourth-order valence-electron chi connectivity index (χ4n) is 3.28. The molecule has 0 unspecified atom stereocenters. The van der Waals surface area contributed by atoms with Gasteiger partial charge in [0, 0.05) is 36.9 Å². The molecule has 2 aromatic rings. The second-order valence-corrected chi connectivity index (χ2v) is 6.42. The van der Waals surface area contributed by atoms with Crippen molar-refractivity contribution in [2.75, 3.05) is 13.1 Å². The van der Waals surface area contributed by atoms with Crippen LogP contribution < -0.4 is 0 Å². The van der Waals surface area contributed by atoms with Crippen molar-refractivity contribution in [3.63, 3.8) is 0 Å². The van der Waals surface area contributed by atoms with E-state index in [9.17, 15) is 4.79 Å². The van der Waals surface area contributed by atoms with Crippen LogP contribution in [0.15, 0.2) is 30.6 Å². The third-order valence-electron chi connectivity index (χ3n) is 4.54. The van der Waals surface area contributed by atoms with Crippen LogP contribution in [0, 0.1) is 19.8 Å². The third-order valence-corrected chi connectivity index (χ3v) is 4.54. The molecule has 1 saturated heterocycles. The molecule has 1 atom stereocenters. The molecular formula is C18H24N4O. The molecule has 1 aliphatic heterocycles. The third kappa shape index (κ3) is 3.97. The molecule has 2 aromatic heterocycles. The molecule has 5 heteroatoms. The van der Waals surface area contributed by atoms with Gasteiger partial charge in [-0.1, -0.05) is 6.07 Å². The number of likely N-dealkylation sites (tertiary alicyclic amines) is 1. The van der Waals surface area contributed by atoms with E-state index in [0.717, 1.165) is 43.1 Å². The zero-order chi connectivity index (χ0) is 16.2. The predicted molar refractivity (Wildman–Crippen MR) is 88.9 cm³/mol. The molecule has 1 fully saturated rings. The number of imidazole rings is 1. The van der Waals surface area contributed by atoms with Crippen molar-refractivity contribution in [2.24, 2.45) is 5.92 Å². The van der Waals surface area contributed by atoms with Crippen LogP contribution in [0.1, 0.15) is 30.1 Å². The summed E-state index contributed by atoms with van der Waals surface area (Å²) in [6, 6.07) is 6.17. The van der Waals surface area contributed by atoms with Crippen molar-refractivity contribution in [1.82, 2.24) is 19.4 Å². The summed E-state index contributed by atoms with van der Waals surface area (Å²) in [5.41, 5.74) is 2.19. The average Bonchev–Trinajstić information content (AvgIpc) is 2.93. The Hall–Kier alpha value is -2.17. The van der Waals surface area contributed by atoms with Gasteiger partial charge in [-0.05, 0) is 51.2 Å². The highest BCUT2D eigenvalue weighted by Crippen LogP contribution is 2.20. The summed E-state index contributed by atoms with van der Waals surface area (Å²) in [5, 5.41) is 0. The number of piperidine rings is 1. The van der Waals surface area contributed by atoms with E-state index in [1.165, 1.54) is 6.42 Å². The first-order valence-electron chi connectivity index (χ1n) is 8.30. The Kier molecular flexibility index (Phi) is 4.74. The number of carbonyl (C=O) groups excluding carboxylic acids is 1. The van der Waals surface area contributed by atoms with Crippen LogP contribution in [0.3, 0.4) is 0 Å². The van der Waals surface area contributed by atoms with Crippen molar-refractivity contribution in [1.29, 1.82) is 0 Å². The molecule has 0 spiro atoms. The second kappa shape index (κ2) is 6.94. The summed E-state index contributed by atoms with van der Waals surface area (Å²) in [4.78, 5) is 23.3. The smallest absolute Gasteiger partial charge is 0.242 e. The number of pyridine rings is 1. The minimum atomic E-state index is 0.188. The topological polar surface area (TPSA) is 51.0 Å². The first-order chi connectivity index (χ1) is 11.1. The van der Waals surface area contributed by atoms with Crippen LogP contribution in [0.5, 0.6) is 0 Å². The first kappa shape index (κ1) is 15.7. The standard InChI is InChI=1S/C18H24N4O/c1-14-5-3-7-17(20-14)11-16-6-4-9-22(12-16)18(23)13-21-10-8-19-15(21)2/h3,5,7-8,10,16H,4,6,9,11-13H2,1-2H3/t16-/m1/s1. The van der Waals surface area contributed by atoms with Gasteiger partial charge in [-0.2, -0.15) is 0 Å². The fourth-order valence-corrected chi connectivity index (χ4v) is 3.28. The Morgan fingerprint density at radius 2 is 2.22 bits per heavy atom. The highest BCUT2D eigenvalue weighted by molar-refractivity contribution is 5.76. The van der Waals surface area contributed by atoms with E-state index in [2.05, 4.69) is 22.1 Å². The quantitative estimate of drug-likeness (QED) is 0.871. The van der Waals surface area contributed by atoms with E-state index in [1.54, 1.807) is 6.20 Å². The number of nitrogens with zero attached hydrogens (tertiary/aromatic N) is 4. The van der Waals surface area contributed by atoms with Gasteiger partial charge in [0.05, 0.1) is 0 Å². The normalized spacial score (nSPS) is 18.2. The summed E-state index contributed by atoms with van der Waals surface area (Å²) in [7, 11) is 0. The summed E-state index contributed by atoms with van der Waals surface area (Å²) < 4.78 is 1.91. The van der Waals surface area contributed by atoms with Crippen LogP contribution >= 0.6 is 0 Å². The van der Waals surface area contributed by atoms with Gasteiger partial charge in [0.2, 0.25) is 5.91 Å². The molecule has 0 aromatic carbocycles. The van der Waals surface area contributed by atoms with E-state index in [1.807, 2.05) is 35.6 Å². The van der Waals surface area contributed by atoms with Gasteiger partial charge in [-0.15, -0.1) is 0 Å². The number of amides is 1. The van der Waals surface area contributed by atoms with Crippen molar-refractivity contribution < 1.29 is 4.79 Å². The molecular weight excluding hydrogens is 288 g/mol. The maximum atomic E-state index is 12.5. The van der Waals surface area contributed by atoms with Gasteiger partial charge < -0.3 is 9.47 Å². The maximum Gasteiger partial charge on any atom is 0.242 e. The lowest BCUT2D eigenvalue weighted by atomic mass is 9.93. The van der Waals surface area contributed by atoms with E-state index < -0.39 is 0 Å². The first-order valence-corrected chi connectivity index (χ1v) is 8.30. The SMILES string of the molecule is Cc1cccc(C[C@H]2CCCN(C(=O)Cn3ccnc3C)C2)n1. The number of rotatable bonds is 4. The fraction of sp³-hybridized carbons (Fsp3) is 0.500. The molecule has 3 heterocycles. The van der Waals surface area contributed by atoms with Crippen molar-refractivity contribution >= 4 is 5.91 Å². The van der Waals surface area contributed by atoms with Crippen molar-refractivity contribution in [3.05, 3.63) is 47.8 Å². The lowest BCUT2D eigenvalue weighted by Gasteiger charge is -2.33. The van der Waals surface area contributed by atoms with Crippen LogP contribution in [0.2, 0.25) is 0 Å². The second-order valence-electron chi connectivity index (χ2n) is 6.42. The van der Waals surface area contributed by atoms with Gasteiger partial charge in [-0.25, -0.2) is 4.98 Å². The Bertz CT molecular complexity index is 679. The lowest BCUT2D eigenvalue weighted by Crippen LogP contribution is -2.42. The van der Waals surface area contributed by atoms with Crippen LogP contribution in [0.25, 0.3) is 0 Å². The predicted octanol–water partition coefficient (Wildman–Crippen LogP) is 2.38. The molecule has 23 heavy (non-hydrogen) atoms. The Balaban J connectivity index is 1.59. The van der Waals surface area contributed by atoms with Gasteiger partial charge in [0.15, 0.2) is 0 Å². The zero-order valence-corrected chi connectivity index (χ0v) is 13.9. The zero-order valence-electron chi connectivity index (χ0n) is 13.9. The summed E-state index contributed by atoms with van der Waals surface area (Å²) in [6.07, 6.45) is 6.81. The molecule has 1 amide bonds. The molecule has 3 rings (SSSR count). The van der Waals surface area contributed by atoms with E-state index in [-0.39, 0.29) is 5.91 Å². The number of carbonyl (C=O) groups is 1. The minimum Gasteiger partial charge on any atom is -0.341 e. The highest BCUT2D eigenvalue weighted by Gasteiger charge is 2.24. The summed E-state index contributed by atoms with van der Waals surface area (Å²) in [5.74, 6) is 1.58. The van der Waals surface area contributed by atoms with Gasteiger partial charge >= 0.3 is 0 Å². The van der Waals surface area contributed by atoms with Crippen LogP contribution in [-0.2, 0) is 17.8 Å². The highest BCUT2D eigenvalue weighted by atomic mass is 16.2. The number of hydrogen-bond acceptors (Lipinski definition) is 3. The van der Waals surface area contributed by atoms with Gasteiger partial charge in [0.25, 0.3) is 0 Å². The Labute approximate surface area is 137 Å². The number of aryl methyl sites for hydroxylation is 2. The molecule has 0 saturated carbocycles. The average molecular weight is 312 g/mol. The lowest BCUT2D eigenvalue weighted by molar-refractivity contribution is -0.133. The monoisotopic (exact) mass is 312 g/mol. The largest absolute Gasteiger partial charge is 0.341 e. The van der Waals surface area contributed by atoms with E-state index >= 15 is 0 Å².